The van der Waals surface area contributed by atoms with Gasteiger partial charge >= 0.3 is 5.97 Å². The molecule has 0 fully saturated rings. The van der Waals surface area contributed by atoms with E-state index in [1.54, 1.807) is 42.5 Å². The lowest BCUT2D eigenvalue weighted by molar-refractivity contribution is 0.0735. The molecule has 0 saturated carbocycles. The Labute approximate surface area is 169 Å². The first-order chi connectivity index (χ1) is 14.2. The summed E-state index contributed by atoms with van der Waals surface area (Å²) in [4.78, 5) is 12.1. The summed E-state index contributed by atoms with van der Waals surface area (Å²) in [6.45, 7) is 0.838. The number of fused-ring (bicyclic) bond motifs is 1. The molecule has 29 heavy (non-hydrogen) atoms. The van der Waals surface area contributed by atoms with Gasteiger partial charge in [0.2, 0.25) is 0 Å². The third-order valence-electron chi connectivity index (χ3n) is 4.88. The summed E-state index contributed by atoms with van der Waals surface area (Å²) in [5.74, 6) is 1.61. The number of carbonyl (C=O) groups excluding carboxylic acids is 1. The highest BCUT2D eigenvalue weighted by atomic mass is 16.5. The van der Waals surface area contributed by atoms with Crippen molar-refractivity contribution < 1.29 is 9.53 Å². The summed E-state index contributed by atoms with van der Waals surface area (Å²) in [6, 6.07) is 18.1. The Morgan fingerprint density at radius 3 is 2.59 bits per heavy atom. The standard InChI is InChI=1S/C23H20N4O2/c24-16-19(22-26-25-21-9-5-2-6-14-27(21)22)15-17-10-12-20(13-11-17)29-23(28)18-7-3-1-4-8-18/h1,3-4,7-8,10-13,15H,2,5-6,9,14H2/b19-15+. The first-order valence-electron chi connectivity index (χ1n) is 9.66. The maximum Gasteiger partial charge on any atom is 0.343 e. The molecule has 1 aliphatic rings. The Kier molecular flexibility index (Phi) is 5.48. The summed E-state index contributed by atoms with van der Waals surface area (Å²) >= 11 is 0. The van der Waals surface area contributed by atoms with Crippen LogP contribution in [-0.2, 0) is 13.0 Å². The maximum absolute atomic E-state index is 12.1. The Balaban J connectivity index is 1.53. The molecule has 2 heterocycles. The molecule has 0 unspecified atom stereocenters. The number of benzene rings is 2. The fourth-order valence-corrected chi connectivity index (χ4v) is 3.37. The van der Waals surface area contributed by atoms with Crippen LogP contribution in [0.5, 0.6) is 5.75 Å². The molecule has 1 aliphatic heterocycles. The zero-order valence-electron chi connectivity index (χ0n) is 15.9. The zero-order valence-corrected chi connectivity index (χ0v) is 15.9. The predicted molar refractivity (Wildman–Crippen MR) is 109 cm³/mol. The molecule has 0 radical (unpaired) electrons. The second-order valence-electron chi connectivity index (χ2n) is 6.90. The molecule has 0 amide bonds. The van der Waals surface area contributed by atoms with Crippen molar-refractivity contribution >= 4 is 17.6 Å². The van der Waals surface area contributed by atoms with Gasteiger partial charge < -0.3 is 9.30 Å². The maximum atomic E-state index is 12.1. The van der Waals surface area contributed by atoms with E-state index < -0.39 is 5.97 Å². The highest BCUT2D eigenvalue weighted by Crippen LogP contribution is 2.22. The van der Waals surface area contributed by atoms with Gasteiger partial charge in [0, 0.05) is 13.0 Å². The van der Waals surface area contributed by atoms with Crippen molar-refractivity contribution in [1.82, 2.24) is 14.8 Å². The number of nitrogens with zero attached hydrogens (tertiary/aromatic N) is 4. The van der Waals surface area contributed by atoms with Crippen LogP contribution in [0.25, 0.3) is 11.6 Å². The molecule has 0 N–H and O–H groups in total. The monoisotopic (exact) mass is 384 g/mol. The third-order valence-corrected chi connectivity index (χ3v) is 4.88. The molecule has 3 aromatic rings. The first-order valence-corrected chi connectivity index (χ1v) is 9.66. The van der Waals surface area contributed by atoms with Crippen molar-refractivity contribution in [3.05, 3.63) is 77.4 Å². The van der Waals surface area contributed by atoms with Gasteiger partial charge in [0.15, 0.2) is 5.82 Å². The van der Waals surface area contributed by atoms with E-state index in [4.69, 9.17) is 4.74 Å². The second-order valence-corrected chi connectivity index (χ2v) is 6.90. The van der Waals surface area contributed by atoms with Crippen molar-refractivity contribution in [3.8, 4) is 11.8 Å². The largest absolute Gasteiger partial charge is 0.423 e. The number of aryl methyl sites for hydroxylation is 1. The summed E-state index contributed by atoms with van der Waals surface area (Å²) in [5, 5.41) is 18.2. The van der Waals surface area contributed by atoms with Gasteiger partial charge in [-0.05, 0) is 48.7 Å². The van der Waals surface area contributed by atoms with E-state index in [1.165, 1.54) is 0 Å². The molecule has 0 aliphatic carbocycles. The van der Waals surface area contributed by atoms with Gasteiger partial charge in [0.05, 0.1) is 11.1 Å². The molecule has 1 aromatic heterocycles. The summed E-state index contributed by atoms with van der Waals surface area (Å²) in [7, 11) is 0. The van der Waals surface area contributed by atoms with Gasteiger partial charge in [0.25, 0.3) is 0 Å². The molecule has 4 rings (SSSR count). The van der Waals surface area contributed by atoms with E-state index in [-0.39, 0.29) is 0 Å². The lowest BCUT2D eigenvalue weighted by Crippen LogP contribution is -2.07. The first kappa shape index (κ1) is 18.6. The highest BCUT2D eigenvalue weighted by Gasteiger charge is 2.17. The zero-order chi connectivity index (χ0) is 20.1. The number of esters is 1. The smallest absolute Gasteiger partial charge is 0.343 e. The SMILES string of the molecule is N#C/C(=C\c1ccc(OC(=O)c2ccccc2)cc1)c1nnc2n1CCCCC2. The second kappa shape index (κ2) is 8.53. The summed E-state index contributed by atoms with van der Waals surface area (Å²) < 4.78 is 7.45. The van der Waals surface area contributed by atoms with Gasteiger partial charge in [-0.25, -0.2) is 4.79 Å². The Morgan fingerprint density at radius 2 is 1.83 bits per heavy atom. The lowest BCUT2D eigenvalue weighted by Gasteiger charge is -2.06. The van der Waals surface area contributed by atoms with E-state index in [0.717, 1.165) is 43.6 Å². The van der Waals surface area contributed by atoms with E-state index >= 15 is 0 Å². The summed E-state index contributed by atoms with van der Waals surface area (Å²) in [5.41, 5.74) is 1.79. The number of nitriles is 1. The highest BCUT2D eigenvalue weighted by molar-refractivity contribution is 5.91. The van der Waals surface area contributed by atoms with Crippen molar-refractivity contribution in [1.29, 1.82) is 5.26 Å². The molecule has 144 valence electrons. The van der Waals surface area contributed by atoms with Gasteiger partial charge in [-0.3, -0.25) is 0 Å². The number of rotatable bonds is 4. The normalized spacial score (nSPS) is 13.8. The van der Waals surface area contributed by atoms with Crippen LogP contribution in [0.15, 0.2) is 54.6 Å². The van der Waals surface area contributed by atoms with Gasteiger partial charge in [-0.2, -0.15) is 5.26 Å². The van der Waals surface area contributed by atoms with Crippen LogP contribution < -0.4 is 4.74 Å². The number of allylic oxidation sites excluding steroid dienone is 1. The topological polar surface area (TPSA) is 80.8 Å². The van der Waals surface area contributed by atoms with Crippen molar-refractivity contribution in [2.45, 2.75) is 32.2 Å². The molecule has 2 aromatic carbocycles. The molecule has 0 spiro atoms. The van der Waals surface area contributed by atoms with Crippen LogP contribution in [0.4, 0.5) is 0 Å². The van der Waals surface area contributed by atoms with Gasteiger partial charge in [-0.1, -0.05) is 36.8 Å². The van der Waals surface area contributed by atoms with E-state index in [0.29, 0.717) is 22.7 Å². The number of carbonyl (C=O) groups is 1. The molecule has 0 bridgehead atoms. The third kappa shape index (κ3) is 4.25. The molecular formula is C23H20N4O2. The van der Waals surface area contributed by atoms with Gasteiger partial charge in [0.1, 0.15) is 17.6 Å². The molecule has 6 heteroatoms. The van der Waals surface area contributed by atoms with Crippen LogP contribution in [-0.4, -0.2) is 20.7 Å². The van der Waals surface area contributed by atoms with Crippen LogP contribution in [0.3, 0.4) is 0 Å². The lowest BCUT2D eigenvalue weighted by atomic mass is 10.1. The van der Waals surface area contributed by atoms with Gasteiger partial charge in [-0.15, -0.1) is 10.2 Å². The quantitative estimate of drug-likeness (QED) is 0.381. The van der Waals surface area contributed by atoms with Crippen molar-refractivity contribution in [2.75, 3.05) is 0 Å². The fraction of sp³-hybridized carbons (Fsp3) is 0.217. The number of aromatic nitrogens is 3. The molecule has 6 nitrogen and oxygen atoms in total. The fourth-order valence-electron chi connectivity index (χ4n) is 3.37. The van der Waals surface area contributed by atoms with Crippen LogP contribution in [0, 0.1) is 11.3 Å². The minimum absolute atomic E-state index is 0.405. The minimum Gasteiger partial charge on any atom is -0.423 e. The average molecular weight is 384 g/mol. The van der Waals surface area contributed by atoms with E-state index in [1.807, 2.05) is 18.2 Å². The Morgan fingerprint density at radius 1 is 1.03 bits per heavy atom. The number of hydrogen-bond donors (Lipinski definition) is 0. The van der Waals surface area contributed by atoms with E-state index in [9.17, 15) is 10.1 Å². The van der Waals surface area contributed by atoms with Crippen molar-refractivity contribution in [2.24, 2.45) is 0 Å². The summed E-state index contributed by atoms with van der Waals surface area (Å²) in [6.07, 6.45) is 6.01. The van der Waals surface area contributed by atoms with Crippen LogP contribution >= 0.6 is 0 Å². The Bertz CT molecular complexity index is 1080. The minimum atomic E-state index is -0.405. The van der Waals surface area contributed by atoms with Crippen LogP contribution in [0.2, 0.25) is 0 Å². The average Bonchev–Trinajstić information content (AvgIpc) is 3.01. The van der Waals surface area contributed by atoms with Crippen molar-refractivity contribution in [3.63, 3.8) is 0 Å². The number of hydrogen-bond acceptors (Lipinski definition) is 5. The Hall–Kier alpha value is -3.72. The molecule has 0 saturated heterocycles. The number of ether oxygens (including phenoxy) is 1. The van der Waals surface area contributed by atoms with E-state index in [2.05, 4.69) is 20.8 Å². The predicted octanol–water partition coefficient (Wildman–Crippen LogP) is 4.29. The van der Waals surface area contributed by atoms with Crippen LogP contribution in [0.1, 0.15) is 46.8 Å². The molecule has 0 atom stereocenters. The molecular weight excluding hydrogens is 364 g/mol.